The molecular weight excluding hydrogens is 1870 g/mol. The van der Waals surface area contributed by atoms with Crippen LogP contribution in [0.2, 0.25) is 0 Å². The molecule has 0 amide bonds. The van der Waals surface area contributed by atoms with Crippen molar-refractivity contribution in [2.24, 2.45) is 78.8 Å². The molecule has 6 aromatic rings. The number of benzene rings is 6. The van der Waals surface area contributed by atoms with Crippen LogP contribution in [0.1, 0.15) is 345 Å². The quantitative estimate of drug-likeness (QED) is 0.0249. The molecule has 0 aromatic heterocycles. The number of Topliss-reactive ketones (excluding diaryl/α,β-unsaturated/α-hetero) is 3. The van der Waals surface area contributed by atoms with Crippen LogP contribution in [0.25, 0.3) is 9.69 Å². The number of nitrogens with zero attached hydrogens (tertiary/aromatic N) is 3. The van der Waals surface area contributed by atoms with Crippen LogP contribution < -0.4 is 37.9 Å². The molecule has 16 rings (SSSR count). The Morgan fingerprint density at radius 3 is 1.30 bits per heavy atom. The molecule has 7 aliphatic carbocycles. The number of carbonyl (C=O) groups excluding carboxylic acids is 14. The Labute approximate surface area is 868 Å². The summed E-state index contributed by atoms with van der Waals surface area (Å²) >= 11 is 0. The minimum absolute atomic E-state index is 0.0405. The van der Waals surface area contributed by atoms with Crippen LogP contribution in [0.15, 0.2) is 109 Å². The predicted octanol–water partition coefficient (Wildman–Crippen LogP) is 24.1. The number of ether oxygens (including phenoxy) is 11. The fraction of sp³-hybridized carbons (Fsp3) is 0.555. The highest BCUT2D eigenvalue weighted by Crippen LogP contribution is 2.51. The number of cyclic esters (lactones) is 1. The molecule has 7 atom stereocenters. The van der Waals surface area contributed by atoms with Gasteiger partial charge in [0.05, 0.1) is 87.6 Å². The van der Waals surface area contributed by atoms with Gasteiger partial charge in [0.15, 0.2) is 23.1 Å². The summed E-state index contributed by atoms with van der Waals surface area (Å²) in [6.07, 6.45) is 18.9. The average molecular weight is 2030 g/mol. The van der Waals surface area contributed by atoms with E-state index in [1.165, 1.54) is 52.7 Å². The topological polar surface area (TPSA) is 373 Å². The molecule has 28 nitrogen and oxygen atoms in total. The van der Waals surface area contributed by atoms with E-state index >= 15 is 0 Å². The maximum atomic E-state index is 12.0. The van der Waals surface area contributed by atoms with Crippen molar-refractivity contribution >= 4 is 83.0 Å². The van der Waals surface area contributed by atoms with Gasteiger partial charge in [0, 0.05) is 77.0 Å². The monoisotopic (exact) mass is 2020 g/mol. The number of nitriles is 1. The van der Waals surface area contributed by atoms with Gasteiger partial charge in [-0.3, -0.25) is 62.3 Å². The van der Waals surface area contributed by atoms with E-state index in [1.54, 1.807) is 84.9 Å². The number of para-hydroxylation sites is 1. The zero-order chi connectivity index (χ0) is 110. The molecule has 794 valence electrons. The van der Waals surface area contributed by atoms with E-state index in [0.29, 0.717) is 132 Å². The Morgan fingerprint density at radius 1 is 0.395 bits per heavy atom. The molecule has 4 fully saturated rings. The highest BCUT2D eigenvalue weighted by Gasteiger charge is 2.53. The SMILES string of the molecule is CCC(C)(C)C(=O)OC.CCC(C)(C)C(=O)OC.CCC(C)(C)C(=O)Oc1ccc2c(c1)COC2=O.CCC(C)(C)C(=O)Oc1ccc2c(c1)OC(=O)C2.CCC(C)(C)C(=O)Oc1cccc2c1C(=O)CC2.CCC(C)(C)C(=O)Oc1cccc2c1CC(=O)C2.CCC(C)(C)C(=O)Oc1cccc2c1CCC2=O.CCC(C)(C)C(=O)Oc1cccc2c1OC(=O)C2.[C-]#[N+]C1C2CCC(C2)C1C#N.[C-]#[N+]CC1CC2CCC1C2. The predicted molar refractivity (Wildman–Crippen MR) is 555 cm³/mol. The van der Waals surface area contributed by atoms with Crippen LogP contribution >= 0.6 is 0 Å². The van der Waals surface area contributed by atoms with E-state index in [9.17, 15) is 67.1 Å². The van der Waals surface area contributed by atoms with Crippen molar-refractivity contribution in [3.8, 4) is 52.1 Å². The van der Waals surface area contributed by atoms with Crippen LogP contribution in [-0.2, 0) is 112 Å². The lowest BCUT2D eigenvalue weighted by atomic mass is 9.86. The average Bonchev–Trinajstić information content (AvgIpc) is 1.66. The van der Waals surface area contributed by atoms with Crippen molar-refractivity contribution in [3.63, 3.8) is 0 Å². The van der Waals surface area contributed by atoms with Gasteiger partial charge < -0.3 is 61.8 Å². The van der Waals surface area contributed by atoms with Gasteiger partial charge in [-0.15, -0.1) is 0 Å². The Hall–Kier alpha value is -13.0. The van der Waals surface area contributed by atoms with Crippen molar-refractivity contribution < 1.29 is 119 Å². The zero-order valence-electron chi connectivity index (χ0n) is 91.2. The molecule has 147 heavy (non-hydrogen) atoms. The highest BCUT2D eigenvalue weighted by atomic mass is 16.6. The molecule has 0 N–H and O–H groups in total. The largest absolute Gasteiger partial charge is 0.469 e. The van der Waals surface area contributed by atoms with E-state index < -0.39 is 32.5 Å². The molecule has 10 aliphatic rings. The van der Waals surface area contributed by atoms with Crippen LogP contribution in [0.5, 0.6) is 46.0 Å². The summed E-state index contributed by atoms with van der Waals surface area (Å²) in [5.41, 5.74) is 4.21. The molecule has 0 radical (unpaired) electrons. The van der Waals surface area contributed by atoms with Gasteiger partial charge in [-0.05, 0) is 291 Å². The molecule has 4 saturated carbocycles. The van der Waals surface area contributed by atoms with E-state index in [0.717, 1.165) is 102 Å². The van der Waals surface area contributed by atoms with Crippen LogP contribution in [-0.4, -0.2) is 110 Å². The van der Waals surface area contributed by atoms with Crippen LogP contribution in [0, 0.1) is 103 Å². The van der Waals surface area contributed by atoms with Crippen molar-refractivity contribution in [1.82, 2.24) is 0 Å². The number of methoxy groups -OCH3 is 2. The number of ketones is 3. The summed E-state index contributed by atoms with van der Waals surface area (Å²) in [7, 11) is 2.83. The second-order valence-electron chi connectivity index (χ2n) is 44.0. The minimum atomic E-state index is -0.550. The van der Waals surface area contributed by atoms with Crippen LogP contribution in [0.3, 0.4) is 0 Å². The number of rotatable bonds is 23. The molecule has 3 aliphatic heterocycles. The number of esters is 11. The number of hydrogen-bond acceptors (Lipinski definition) is 26. The molecule has 7 unspecified atom stereocenters. The summed E-state index contributed by atoms with van der Waals surface area (Å²) in [5, 5.41) is 8.80. The number of fused-ring (bicyclic) bond motifs is 10. The van der Waals surface area contributed by atoms with E-state index in [-0.39, 0.29) is 125 Å². The molecule has 28 heteroatoms. The summed E-state index contributed by atoms with van der Waals surface area (Å²) in [6, 6.07) is 33.8. The minimum Gasteiger partial charge on any atom is -0.469 e. The first-order chi connectivity index (χ1) is 69.0. The second kappa shape index (κ2) is 53.0. The summed E-state index contributed by atoms with van der Waals surface area (Å²) in [6.45, 7) is 60.0. The van der Waals surface area contributed by atoms with Crippen molar-refractivity contribution in [1.29, 1.82) is 5.26 Å². The Bertz CT molecular complexity index is 5770. The fourth-order valence-corrected chi connectivity index (χ4v) is 16.7. The fourth-order valence-electron chi connectivity index (χ4n) is 16.7. The molecule has 0 spiro atoms. The van der Waals surface area contributed by atoms with E-state index in [4.69, 9.17) is 61.0 Å². The Morgan fingerprint density at radius 2 is 0.823 bits per heavy atom. The molecular formula is C119H153N3O25. The second-order valence-corrected chi connectivity index (χ2v) is 44.0. The maximum absolute atomic E-state index is 12.0. The maximum Gasteiger partial charge on any atom is 0.338 e. The first-order valence-electron chi connectivity index (χ1n) is 51.5. The highest BCUT2D eigenvalue weighted by molar-refractivity contribution is 6.04. The van der Waals surface area contributed by atoms with Crippen LogP contribution in [0.4, 0.5) is 0 Å². The van der Waals surface area contributed by atoms with Gasteiger partial charge >= 0.3 is 65.7 Å². The zero-order valence-corrected chi connectivity index (χ0v) is 91.2. The smallest absolute Gasteiger partial charge is 0.338 e. The first-order valence-corrected chi connectivity index (χ1v) is 51.5. The summed E-state index contributed by atoms with van der Waals surface area (Å²) in [4.78, 5) is 169. The third-order valence-corrected chi connectivity index (χ3v) is 30.4. The molecule has 6 aromatic carbocycles. The van der Waals surface area contributed by atoms with Gasteiger partial charge in [0.2, 0.25) is 12.6 Å². The number of carbonyl (C=O) groups is 14. The third-order valence-electron chi connectivity index (χ3n) is 30.4. The standard InChI is InChI=1S/3C15H18O3.3C14H16O4.C9H10N2.C9H13N.2C7H14O2/c1-4-15(2,3)14(17)18-13-7-5-6-10-8-11(16)9-12(10)13;1-4-15(2,3)14(17)18-13-7-5-6-10-11(13)8-9-12(10)16;1-4-15(2,3)14(17)18-12-7-5-6-10-8-9-11(16)13(10)12;1-4-14(2,3)13(16)18-10-5-6-11-9(7-10)8-17-12(11)15;1-4-14(2,3)13(16)17-10-6-5-9-7-12(15)18-11(9)8-10;1-4-14(2,3)13(16)17-10-7-5-6-9-8-11(15)18-12(9)10;1-11-9-7-3-2-6(4-7)8(9)5-10;1-10-6-9-5-7-2-3-8(9)4-7;2*1-5-7(2,3)6(8)9-4/h3*5-7H,4,8-9H2,1-3H3;5-7H,4,8H2,1-3H3;5-6,8H,4,7H2,1-3H3;5-7H,4,8H2,1-3H3;6-9H,2-4H2;7-9H,2-6H2;2*5H2,1-4H3. The first kappa shape index (κ1) is 121. The summed E-state index contributed by atoms with van der Waals surface area (Å²) < 4.78 is 56.4. The lowest BCUT2D eigenvalue weighted by molar-refractivity contribution is -0.151. The van der Waals surface area contributed by atoms with Crippen molar-refractivity contribution in [2.75, 3.05) is 20.8 Å². The van der Waals surface area contributed by atoms with Crippen molar-refractivity contribution in [3.05, 3.63) is 188 Å². The molecule has 4 bridgehead atoms. The molecule has 0 saturated heterocycles. The van der Waals surface area contributed by atoms with Crippen molar-refractivity contribution in [2.45, 2.75) is 326 Å². The number of aryl methyl sites for hydroxylation is 1. The van der Waals surface area contributed by atoms with E-state index in [1.807, 2.05) is 190 Å². The lowest BCUT2D eigenvalue weighted by Crippen LogP contribution is -2.28. The van der Waals surface area contributed by atoms with Gasteiger partial charge in [0.25, 0.3) is 0 Å². The van der Waals surface area contributed by atoms with Gasteiger partial charge in [-0.1, -0.05) is 116 Å². The van der Waals surface area contributed by atoms with Gasteiger partial charge in [-0.2, -0.15) is 5.26 Å². The summed E-state index contributed by atoms with van der Waals surface area (Å²) in [5.74, 6) is 5.07. The van der Waals surface area contributed by atoms with E-state index in [2.05, 4.69) is 25.2 Å². The number of hydrogen-bond donors (Lipinski definition) is 0. The van der Waals surface area contributed by atoms with Gasteiger partial charge in [0.1, 0.15) is 52.8 Å². The van der Waals surface area contributed by atoms with Gasteiger partial charge in [-0.25, -0.2) is 17.9 Å². The Kier molecular flexibility index (Phi) is 43.6. The third kappa shape index (κ3) is 32.5. The Balaban J connectivity index is 0.000000223. The molecule has 3 heterocycles. The normalized spacial score (nSPS) is 18.3. The lowest BCUT2D eigenvalue weighted by Gasteiger charge is -2.21.